The summed E-state index contributed by atoms with van der Waals surface area (Å²) in [5.74, 6) is 1.26. The molecule has 0 aromatic rings. The first-order valence-corrected chi connectivity index (χ1v) is 5.69. The van der Waals surface area contributed by atoms with Gasteiger partial charge in [0, 0.05) is 18.3 Å². The Morgan fingerprint density at radius 2 is 2.09 bits per heavy atom. The van der Waals surface area contributed by atoms with Crippen molar-refractivity contribution in [3.05, 3.63) is 0 Å². The lowest BCUT2D eigenvalue weighted by atomic mass is 10.1. The lowest BCUT2D eigenvalue weighted by Gasteiger charge is -2.29. The van der Waals surface area contributed by atoms with Gasteiger partial charge in [-0.05, 0) is 32.2 Å². The molecule has 0 aromatic heterocycles. The van der Waals surface area contributed by atoms with Gasteiger partial charge in [0.1, 0.15) is 0 Å². The summed E-state index contributed by atoms with van der Waals surface area (Å²) >= 11 is 1.92. The van der Waals surface area contributed by atoms with E-state index in [0.717, 1.165) is 0 Å². The first-order valence-electron chi connectivity index (χ1n) is 4.30. The van der Waals surface area contributed by atoms with Gasteiger partial charge < -0.3 is 10.6 Å². The monoisotopic (exact) mass is 174 g/mol. The van der Waals surface area contributed by atoms with Crippen molar-refractivity contribution in [2.75, 3.05) is 31.6 Å². The van der Waals surface area contributed by atoms with Crippen LogP contribution in [0.1, 0.15) is 12.8 Å². The Kier molecular flexibility index (Phi) is 4.26. The van der Waals surface area contributed by atoms with Gasteiger partial charge in [0.15, 0.2) is 0 Å². The second-order valence-electron chi connectivity index (χ2n) is 3.17. The maximum absolute atomic E-state index is 5.79. The molecule has 1 heterocycles. The first kappa shape index (κ1) is 9.36. The molecule has 0 radical (unpaired) electrons. The van der Waals surface area contributed by atoms with Crippen LogP contribution in [0, 0.1) is 0 Å². The third-order valence-electron chi connectivity index (χ3n) is 2.24. The maximum Gasteiger partial charge on any atom is 0.00723 e. The van der Waals surface area contributed by atoms with Crippen molar-refractivity contribution in [2.24, 2.45) is 5.73 Å². The molecule has 1 fully saturated rings. The molecule has 0 spiro atoms. The van der Waals surface area contributed by atoms with Gasteiger partial charge in [-0.2, -0.15) is 11.8 Å². The van der Waals surface area contributed by atoms with Crippen LogP contribution in [0.15, 0.2) is 0 Å². The van der Waals surface area contributed by atoms with Crippen LogP contribution in [-0.2, 0) is 0 Å². The Labute approximate surface area is 73.5 Å². The minimum absolute atomic E-state index is 0.473. The summed E-state index contributed by atoms with van der Waals surface area (Å²) in [4.78, 5) is 2.51. The van der Waals surface area contributed by atoms with Gasteiger partial charge in [0.2, 0.25) is 0 Å². The lowest BCUT2D eigenvalue weighted by Crippen LogP contribution is -2.40. The minimum Gasteiger partial charge on any atom is -0.328 e. The van der Waals surface area contributed by atoms with Crippen molar-refractivity contribution in [3.63, 3.8) is 0 Å². The predicted molar refractivity (Wildman–Crippen MR) is 52.0 cm³/mol. The molecular weight excluding hydrogens is 156 g/mol. The number of nitrogens with two attached hydrogens (primary N) is 1. The minimum atomic E-state index is 0.473. The highest BCUT2D eigenvalue weighted by atomic mass is 32.2. The number of hydrogen-bond donors (Lipinski definition) is 1. The Morgan fingerprint density at radius 1 is 1.45 bits per heavy atom. The van der Waals surface area contributed by atoms with Crippen LogP contribution in [0.25, 0.3) is 0 Å². The van der Waals surface area contributed by atoms with E-state index in [1.54, 1.807) is 0 Å². The molecule has 1 saturated heterocycles. The Bertz CT molecular complexity index is 97.5. The van der Waals surface area contributed by atoms with E-state index in [4.69, 9.17) is 5.73 Å². The molecule has 3 heteroatoms. The molecule has 66 valence electrons. The van der Waals surface area contributed by atoms with Crippen molar-refractivity contribution in [1.82, 2.24) is 4.90 Å². The smallest absolute Gasteiger partial charge is 0.00723 e. The van der Waals surface area contributed by atoms with E-state index in [1.807, 2.05) is 11.8 Å². The van der Waals surface area contributed by atoms with E-state index in [1.165, 1.54) is 38.2 Å². The normalized spacial score (nSPS) is 22.4. The summed E-state index contributed by atoms with van der Waals surface area (Å²) in [7, 11) is 0. The van der Waals surface area contributed by atoms with Crippen LogP contribution in [0.3, 0.4) is 0 Å². The van der Waals surface area contributed by atoms with Gasteiger partial charge in [-0.15, -0.1) is 0 Å². The zero-order valence-corrected chi connectivity index (χ0v) is 8.07. The van der Waals surface area contributed by atoms with Gasteiger partial charge in [0.25, 0.3) is 0 Å². The van der Waals surface area contributed by atoms with E-state index >= 15 is 0 Å². The lowest BCUT2D eigenvalue weighted by molar-refractivity contribution is 0.225. The molecule has 11 heavy (non-hydrogen) atoms. The van der Waals surface area contributed by atoms with Crippen LogP contribution in [0.5, 0.6) is 0 Å². The van der Waals surface area contributed by atoms with E-state index < -0.39 is 0 Å². The van der Waals surface area contributed by atoms with E-state index in [-0.39, 0.29) is 0 Å². The molecule has 0 atom stereocenters. The molecule has 0 bridgehead atoms. The van der Waals surface area contributed by atoms with E-state index in [0.29, 0.717) is 6.04 Å². The average Bonchev–Trinajstić information content (AvgIpc) is 2.04. The molecule has 1 aliphatic rings. The molecule has 0 unspecified atom stereocenters. The van der Waals surface area contributed by atoms with Gasteiger partial charge >= 0.3 is 0 Å². The average molecular weight is 174 g/mol. The molecule has 0 saturated carbocycles. The van der Waals surface area contributed by atoms with Gasteiger partial charge in [-0.3, -0.25) is 0 Å². The molecule has 2 N–H and O–H groups in total. The fourth-order valence-corrected chi connectivity index (χ4v) is 1.84. The molecule has 0 aromatic carbocycles. The number of rotatable bonds is 3. The van der Waals surface area contributed by atoms with Crippen LogP contribution < -0.4 is 5.73 Å². The summed E-state index contributed by atoms with van der Waals surface area (Å²) < 4.78 is 0. The van der Waals surface area contributed by atoms with Gasteiger partial charge in [-0.1, -0.05) is 0 Å². The number of piperidine rings is 1. The van der Waals surface area contributed by atoms with E-state index in [2.05, 4.69) is 11.2 Å². The number of likely N-dealkylation sites (tertiary alicyclic amines) is 1. The summed E-state index contributed by atoms with van der Waals surface area (Å²) in [6.07, 6.45) is 4.54. The van der Waals surface area contributed by atoms with Crippen molar-refractivity contribution < 1.29 is 0 Å². The van der Waals surface area contributed by atoms with Gasteiger partial charge in [-0.25, -0.2) is 0 Å². The third kappa shape index (κ3) is 3.45. The fourth-order valence-electron chi connectivity index (χ4n) is 1.40. The topological polar surface area (TPSA) is 29.3 Å². The molecule has 1 aliphatic heterocycles. The highest BCUT2D eigenvalue weighted by Gasteiger charge is 2.14. The highest BCUT2D eigenvalue weighted by molar-refractivity contribution is 7.98. The standard InChI is InChI=1S/C8H18N2S/c1-11-7-6-10-4-2-8(9)3-5-10/h8H,2-7,9H2,1H3. The highest BCUT2D eigenvalue weighted by Crippen LogP contribution is 2.08. The Balaban J connectivity index is 2.07. The predicted octanol–water partition coefficient (Wildman–Crippen LogP) is 0.773. The van der Waals surface area contributed by atoms with Crippen molar-refractivity contribution in [1.29, 1.82) is 0 Å². The molecular formula is C8H18N2S. The van der Waals surface area contributed by atoms with E-state index in [9.17, 15) is 0 Å². The maximum atomic E-state index is 5.79. The van der Waals surface area contributed by atoms with Crippen LogP contribution >= 0.6 is 11.8 Å². The summed E-state index contributed by atoms with van der Waals surface area (Å²) in [6, 6.07) is 0.473. The number of thioether (sulfide) groups is 1. The number of nitrogens with zero attached hydrogens (tertiary/aromatic N) is 1. The van der Waals surface area contributed by atoms with Crippen molar-refractivity contribution in [3.8, 4) is 0 Å². The fraction of sp³-hybridized carbons (Fsp3) is 1.00. The molecule has 0 aliphatic carbocycles. The second kappa shape index (κ2) is 5.01. The SMILES string of the molecule is CSCCN1CCC(N)CC1. The molecule has 1 rings (SSSR count). The molecule has 2 nitrogen and oxygen atoms in total. The van der Waals surface area contributed by atoms with Gasteiger partial charge in [0.05, 0.1) is 0 Å². The third-order valence-corrected chi connectivity index (χ3v) is 2.83. The van der Waals surface area contributed by atoms with Crippen LogP contribution in [0.4, 0.5) is 0 Å². The Morgan fingerprint density at radius 3 is 2.64 bits per heavy atom. The zero-order chi connectivity index (χ0) is 8.10. The quantitative estimate of drug-likeness (QED) is 0.685. The largest absolute Gasteiger partial charge is 0.328 e. The summed E-state index contributed by atoms with van der Waals surface area (Å²) in [5.41, 5.74) is 5.79. The van der Waals surface area contributed by atoms with Crippen LogP contribution in [0.2, 0.25) is 0 Å². The van der Waals surface area contributed by atoms with Crippen molar-refractivity contribution >= 4 is 11.8 Å². The summed E-state index contributed by atoms with van der Waals surface area (Å²) in [5, 5.41) is 0. The molecule has 0 amide bonds. The first-order chi connectivity index (χ1) is 5.33. The number of hydrogen-bond acceptors (Lipinski definition) is 3. The second-order valence-corrected chi connectivity index (χ2v) is 4.16. The van der Waals surface area contributed by atoms with Crippen molar-refractivity contribution in [2.45, 2.75) is 18.9 Å². The summed E-state index contributed by atoms with van der Waals surface area (Å²) in [6.45, 7) is 3.66. The Hall–Kier alpha value is 0.270. The zero-order valence-electron chi connectivity index (χ0n) is 7.25. The van der Waals surface area contributed by atoms with Crippen LogP contribution in [-0.4, -0.2) is 42.6 Å².